The van der Waals surface area contributed by atoms with Gasteiger partial charge in [-0.3, -0.25) is 0 Å². The van der Waals surface area contributed by atoms with E-state index < -0.39 is 11.5 Å². The molecule has 0 heterocycles. The highest BCUT2D eigenvalue weighted by molar-refractivity contribution is 7.79. The van der Waals surface area contributed by atoms with Crippen molar-refractivity contribution in [1.29, 1.82) is 0 Å². The molecule has 0 atom stereocenters. The van der Waals surface area contributed by atoms with Crippen LogP contribution in [0.1, 0.15) is 19.4 Å². The predicted octanol–water partition coefficient (Wildman–Crippen LogP) is 2.33. The molecular weight excluding hydrogens is 222 g/mol. The number of carboxylic acid groups (broad SMARTS) is 1. The SMILES string of the molecule is CN(c1cccc(C=S)c1)C(C)(C)C(=O)O. The monoisotopic (exact) mass is 237 g/mol. The first-order valence-corrected chi connectivity index (χ1v) is 5.39. The number of carboxylic acids is 1. The summed E-state index contributed by atoms with van der Waals surface area (Å²) in [4.78, 5) is 12.8. The number of carbonyl (C=O) groups is 1. The van der Waals surface area contributed by atoms with E-state index in [9.17, 15) is 4.79 Å². The molecule has 1 rings (SSSR count). The van der Waals surface area contributed by atoms with E-state index in [0.717, 1.165) is 11.3 Å². The number of rotatable bonds is 4. The number of nitrogens with zero attached hydrogens (tertiary/aromatic N) is 1. The van der Waals surface area contributed by atoms with E-state index >= 15 is 0 Å². The molecule has 0 spiro atoms. The molecule has 4 heteroatoms. The van der Waals surface area contributed by atoms with E-state index in [1.807, 2.05) is 24.3 Å². The number of thiocarbonyl (C=S) groups is 1. The highest BCUT2D eigenvalue weighted by Crippen LogP contribution is 2.23. The van der Waals surface area contributed by atoms with Gasteiger partial charge in [0.05, 0.1) is 0 Å². The Morgan fingerprint density at radius 1 is 1.50 bits per heavy atom. The average molecular weight is 237 g/mol. The first kappa shape index (κ1) is 12.6. The molecule has 0 amide bonds. The summed E-state index contributed by atoms with van der Waals surface area (Å²) in [5.41, 5.74) is 0.798. The van der Waals surface area contributed by atoms with Crippen LogP contribution in [0.2, 0.25) is 0 Å². The lowest BCUT2D eigenvalue weighted by molar-refractivity contribution is -0.142. The minimum Gasteiger partial charge on any atom is -0.480 e. The smallest absolute Gasteiger partial charge is 0.328 e. The Kier molecular flexibility index (Phi) is 3.65. The van der Waals surface area contributed by atoms with Gasteiger partial charge in [0.25, 0.3) is 0 Å². The first-order chi connectivity index (χ1) is 7.39. The van der Waals surface area contributed by atoms with Gasteiger partial charge in [0.2, 0.25) is 0 Å². The van der Waals surface area contributed by atoms with Crippen LogP contribution in [0.4, 0.5) is 5.69 Å². The maximum atomic E-state index is 11.1. The van der Waals surface area contributed by atoms with Crippen LogP contribution in [0, 0.1) is 0 Å². The fraction of sp³-hybridized carbons (Fsp3) is 0.333. The van der Waals surface area contributed by atoms with Gasteiger partial charge in [0.1, 0.15) is 5.54 Å². The van der Waals surface area contributed by atoms with Crippen LogP contribution >= 0.6 is 12.2 Å². The van der Waals surface area contributed by atoms with E-state index in [4.69, 9.17) is 17.3 Å². The summed E-state index contributed by atoms with van der Waals surface area (Å²) in [6.07, 6.45) is 0. The largest absolute Gasteiger partial charge is 0.480 e. The molecular formula is C12H15NO2S. The summed E-state index contributed by atoms with van der Waals surface area (Å²) >= 11 is 4.85. The predicted molar refractivity (Wildman–Crippen MR) is 69.3 cm³/mol. The summed E-state index contributed by atoms with van der Waals surface area (Å²) in [6, 6.07) is 7.49. The molecule has 0 aromatic heterocycles. The molecule has 0 fully saturated rings. The Hall–Kier alpha value is -1.42. The third-order valence-corrected chi connectivity index (χ3v) is 3.03. The Balaban J connectivity index is 3.09. The summed E-state index contributed by atoms with van der Waals surface area (Å²) < 4.78 is 0. The molecule has 0 aliphatic carbocycles. The van der Waals surface area contributed by atoms with Gasteiger partial charge in [-0.05, 0) is 31.5 Å². The number of aliphatic carboxylic acids is 1. The number of anilines is 1. The first-order valence-electron chi connectivity index (χ1n) is 4.92. The number of likely N-dealkylation sites (N-methyl/N-ethyl adjacent to an activating group) is 1. The van der Waals surface area contributed by atoms with Gasteiger partial charge in [-0.2, -0.15) is 0 Å². The molecule has 3 nitrogen and oxygen atoms in total. The number of benzene rings is 1. The Morgan fingerprint density at radius 2 is 2.12 bits per heavy atom. The molecule has 0 saturated heterocycles. The maximum Gasteiger partial charge on any atom is 0.328 e. The van der Waals surface area contributed by atoms with Crippen LogP contribution in [0.5, 0.6) is 0 Å². The quantitative estimate of drug-likeness (QED) is 0.816. The Labute approximate surface area is 101 Å². The van der Waals surface area contributed by atoms with Crippen molar-refractivity contribution < 1.29 is 9.90 Å². The summed E-state index contributed by atoms with van der Waals surface area (Å²) in [7, 11) is 1.76. The number of hydrogen-bond donors (Lipinski definition) is 1. The lowest BCUT2D eigenvalue weighted by atomic mass is 10.0. The molecule has 0 bridgehead atoms. The summed E-state index contributed by atoms with van der Waals surface area (Å²) in [5, 5.41) is 10.7. The van der Waals surface area contributed by atoms with Crippen LogP contribution in [0.15, 0.2) is 24.3 Å². The Morgan fingerprint density at radius 3 is 2.62 bits per heavy atom. The van der Waals surface area contributed by atoms with Gasteiger partial charge in [-0.15, -0.1) is 0 Å². The van der Waals surface area contributed by atoms with Gasteiger partial charge in [0, 0.05) is 18.1 Å². The van der Waals surface area contributed by atoms with Crippen LogP contribution in [-0.4, -0.2) is 29.0 Å². The summed E-state index contributed by atoms with van der Waals surface area (Å²) in [5.74, 6) is -0.859. The minimum atomic E-state index is -0.944. The van der Waals surface area contributed by atoms with Crippen molar-refractivity contribution in [2.45, 2.75) is 19.4 Å². The van der Waals surface area contributed by atoms with Crippen molar-refractivity contribution in [3.8, 4) is 0 Å². The number of hydrogen-bond acceptors (Lipinski definition) is 3. The average Bonchev–Trinajstić information content (AvgIpc) is 2.27. The third kappa shape index (κ3) is 2.39. The van der Waals surface area contributed by atoms with Crippen LogP contribution in [0.3, 0.4) is 0 Å². The third-order valence-electron chi connectivity index (χ3n) is 2.76. The second-order valence-electron chi connectivity index (χ2n) is 4.14. The fourth-order valence-electron chi connectivity index (χ4n) is 1.27. The molecule has 0 radical (unpaired) electrons. The lowest BCUT2D eigenvalue weighted by Crippen LogP contribution is -2.48. The van der Waals surface area contributed by atoms with E-state index in [2.05, 4.69) is 0 Å². The van der Waals surface area contributed by atoms with Crippen molar-refractivity contribution in [3.63, 3.8) is 0 Å². The van der Waals surface area contributed by atoms with Crippen molar-refractivity contribution >= 4 is 29.2 Å². The van der Waals surface area contributed by atoms with Gasteiger partial charge < -0.3 is 10.0 Å². The molecule has 1 aromatic rings. The van der Waals surface area contributed by atoms with Crippen molar-refractivity contribution in [1.82, 2.24) is 0 Å². The maximum absolute atomic E-state index is 11.1. The van der Waals surface area contributed by atoms with Crippen LogP contribution < -0.4 is 4.90 Å². The highest BCUT2D eigenvalue weighted by atomic mass is 32.1. The van der Waals surface area contributed by atoms with E-state index in [1.54, 1.807) is 31.2 Å². The van der Waals surface area contributed by atoms with Crippen LogP contribution in [0.25, 0.3) is 0 Å². The molecule has 0 aliphatic rings. The molecule has 0 unspecified atom stereocenters. The van der Waals surface area contributed by atoms with Gasteiger partial charge in [0.15, 0.2) is 0 Å². The zero-order chi connectivity index (χ0) is 12.3. The van der Waals surface area contributed by atoms with E-state index in [1.165, 1.54) is 0 Å². The molecule has 1 aromatic carbocycles. The molecule has 0 saturated carbocycles. The lowest BCUT2D eigenvalue weighted by Gasteiger charge is -2.33. The van der Waals surface area contributed by atoms with E-state index in [-0.39, 0.29) is 0 Å². The highest BCUT2D eigenvalue weighted by Gasteiger charge is 2.32. The van der Waals surface area contributed by atoms with Gasteiger partial charge >= 0.3 is 5.97 Å². The summed E-state index contributed by atoms with van der Waals surface area (Å²) in [6.45, 7) is 3.33. The van der Waals surface area contributed by atoms with Crippen LogP contribution in [-0.2, 0) is 4.79 Å². The van der Waals surface area contributed by atoms with Crippen molar-refractivity contribution in [2.24, 2.45) is 0 Å². The molecule has 16 heavy (non-hydrogen) atoms. The fourth-order valence-corrected chi connectivity index (χ4v) is 1.42. The zero-order valence-electron chi connectivity index (χ0n) is 9.60. The molecule has 86 valence electrons. The Bertz CT molecular complexity index is 415. The second-order valence-corrected chi connectivity index (χ2v) is 4.37. The normalized spacial score (nSPS) is 10.9. The minimum absolute atomic E-state index is 0.839. The van der Waals surface area contributed by atoms with Crippen molar-refractivity contribution in [2.75, 3.05) is 11.9 Å². The van der Waals surface area contributed by atoms with Gasteiger partial charge in [-0.25, -0.2) is 4.79 Å². The standard InChI is InChI=1S/C12H15NO2S/c1-12(2,11(14)15)13(3)10-6-4-5-9(7-10)8-16/h4-8H,1-3H3,(H,14,15). The van der Waals surface area contributed by atoms with Gasteiger partial charge in [-0.1, -0.05) is 24.4 Å². The molecule has 1 N–H and O–H groups in total. The van der Waals surface area contributed by atoms with E-state index in [0.29, 0.717) is 0 Å². The molecule has 0 aliphatic heterocycles. The van der Waals surface area contributed by atoms with Crippen molar-refractivity contribution in [3.05, 3.63) is 29.8 Å². The zero-order valence-corrected chi connectivity index (χ0v) is 10.4. The second kappa shape index (κ2) is 4.61. The topological polar surface area (TPSA) is 40.5 Å².